The maximum Gasteiger partial charge on any atom is 0.309 e. The molecule has 0 bridgehead atoms. The summed E-state index contributed by atoms with van der Waals surface area (Å²) in [5, 5.41) is 3.64. The molecule has 1 saturated heterocycles. The van der Waals surface area contributed by atoms with Crippen molar-refractivity contribution >= 4 is 27.4 Å². The lowest BCUT2D eigenvalue weighted by Crippen LogP contribution is -2.35. The highest BCUT2D eigenvalue weighted by Crippen LogP contribution is 2.31. The second-order valence-corrected chi connectivity index (χ2v) is 8.58. The molecule has 28 heavy (non-hydrogen) atoms. The Morgan fingerprint density at radius 1 is 1.18 bits per heavy atom. The maximum absolute atomic E-state index is 11.4. The summed E-state index contributed by atoms with van der Waals surface area (Å²) < 4.78 is 12.4. The van der Waals surface area contributed by atoms with Gasteiger partial charge >= 0.3 is 5.97 Å². The lowest BCUT2D eigenvalue weighted by molar-refractivity contribution is -0.139. The molecule has 0 spiro atoms. The minimum Gasteiger partial charge on any atom is -0.486 e. The van der Waals surface area contributed by atoms with Crippen LogP contribution in [0.5, 0.6) is 5.75 Å². The molecule has 1 atom stereocenters. The van der Waals surface area contributed by atoms with Crippen molar-refractivity contribution < 1.29 is 14.3 Å². The first-order chi connectivity index (χ1) is 13.5. The van der Waals surface area contributed by atoms with E-state index >= 15 is 0 Å². The molecule has 1 aliphatic rings. The molecular weight excluding hydrogens is 370 g/mol. The van der Waals surface area contributed by atoms with Crippen LogP contribution in [-0.2, 0) is 22.5 Å². The fourth-order valence-electron chi connectivity index (χ4n) is 3.84. The van der Waals surface area contributed by atoms with Gasteiger partial charge in [0.2, 0.25) is 0 Å². The molecule has 0 aliphatic carbocycles. The minimum atomic E-state index is -0.229. The van der Waals surface area contributed by atoms with Gasteiger partial charge in [-0.15, -0.1) is 11.3 Å². The lowest BCUT2D eigenvalue weighted by atomic mass is 10.1. The van der Waals surface area contributed by atoms with Gasteiger partial charge in [0.25, 0.3) is 0 Å². The zero-order valence-electron chi connectivity index (χ0n) is 16.3. The van der Waals surface area contributed by atoms with Gasteiger partial charge in [0, 0.05) is 30.8 Å². The van der Waals surface area contributed by atoms with Crippen LogP contribution in [0.2, 0.25) is 0 Å². The fraction of sp³-hybridized carbons (Fsp3) is 0.348. The van der Waals surface area contributed by atoms with Crippen molar-refractivity contribution in [3.05, 3.63) is 65.0 Å². The molecule has 0 radical (unpaired) electrons. The van der Waals surface area contributed by atoms with E-state index < -0.39 is 0 Å². The minimum absolute atomic E-state index is 0.199. The molecule has 4 nitrogen and oxygen atoms in total. The summed E-state index contributed by atoms with van der Waals surface area (Å²) in [6.07, 6.45) is 1.29. The van der Waals surface area contributed by atoms with Gasteiger partial charge in [0.15, 0.2) is 0 Å². The number of fused-ring (bicyclic) bond motifs is 1. The SMILES string of the molecule is COC(=O)Cc1ccc(OC2(C)CCN(Cc3csc4ccccc34)C2)cc1. The molecule has 2 heterocycles. The highest BCUT2D eigenvalue weighted by molar-refractivity contribution is 7.17. The van der Waals surface area contributed by atoms with Crippen LogP contribution >= 0.6 is 11.3 Å². The fourth-order valence-corrected chi connectivity index (χ4v) is 4.79. The Morgan fingerprint density at radius 3 is 2.75 bits per heavy atom. The van der Waals surface area contributed by atoms with Crippen molar-refractivity contribution in [3.63, 3.8) is 0 Å². The third-order valence-electron chi connectivity index (χ3n) is 5.33. The van der Waals surface area contributed by atoms with E-state index in [0.717, 1.165) is 37.4 Å². The van der Waals surface area contributed by atoms with Gasteiger partial charge in [-0.05, 0) is 47.0 Å². The van der Waals surface area contributed by atoms with Crippen molar-refractivity contribution in [2.24, 2.45) is 0 Å². The molecule has 5 heteroatoms. The van der Waals surface area contributed by atoms with Crippen molar-refractivity contribution in [1.82, 2.24) is 4.90 Å². The smallest absolute Gasteiger partial charge is 0.309 e. The zero-order chi connectivity index (χ0) is 19.6. The summed E-state index contributed by atoms with van der Waals surface area (Å²) in [5.74, 6) is 0.618. The van der Waals surface area contributed by atoms with Crippen molar-refractivity contribution in [2.75, 3.05) is 20.2 Å². The first kappa shape index (κ1) is 19.0. The van der Waals surface area contributed by atoms with E-state index in [-0.39, 0.29) is 18.0 Å². The Labute approximate surface area is 169 Å². The summed E-state index contributed by atoms with van der Waals surface area (Å²) in [6, 6.07) is 16.4. The molecule has 0 saturated carbocycles. The average molecular weight is 396 g/mol. The molecule has 0 N–H and O–H groups in total. The Kier molecular flexibility index (Phi) is 5.38. The van der Waals surface area contributed by atoms with Crippen LogP contribution in [0.25, 0.3) is 10.1 Å². The van der Waals surface area contributed by atoms with Gasteiger partial charge in [-0.1, -0.05) is 30.3 Å². The highest BCUT2D eigenvalue weighted by atomic mass is 32.1. The maximum atomic E-state index is 11.4. The topological polar surface area (TPSA) is 38.8 Å². The highest BCUT2D eigenvalue weighted by Gasteiger charge is 2.36. The summed E-state index contributed by atoms with van der Waals surface area (Å²) in [7, 11) is 1.41. The lowest BCUT2D eigenvalue weighted by Gasteiger charge is -2.26. The van der Waals surface area contributed by atoms with Gasteiger partial charge in [-0.2, -0.15) is 0 Å². The van der Waals surface area contributed by atoms with E-state index in [1.54, 1.807) is 0 Å². The molecule has 2 aromatic carbocycles. The monoisotopic (exact) mass is 395 g/mol. The number of carbonyl (C=O) groups excluding carboxylic acids is 1. The number of likely N-dealkylation sites (tertiary alicyclic amines) is 1. The predicted molar refractivity (Wildman–Crippen MR) is 113 cm³/mol. The van der Waals surface area contributed by atoms with Crippen molar-refractivity contribution in [2.45, 2.75) is 31.9 Å². The van der Waals surface area contributed by atoms with Crippen LogP contribution in [0.15, 0.2) is 53.9 Å². The van der Waals surface area contributed by atoms with E-state index in [1.165, 1.54) is 22.8 Å². The first-order valence-corrected chi connectivity index (χ1v) is 10.4. The number of hydrogen-bond donors (Lipinski definition) is 0. The number of rotatable bonds is 6. The Bertz CT molecular complexity index is 965. The third-order valence-corrected chi connectivity index (χ3v) is 6.35. The summed E-state index contributed by atoms with van der Waals surface area (Å²) in [6.45, 7) is 5.07. The van der Waals surface area contributed by atoms with E-state index in [9.17, 15) is 4.79 Å². The van der Waals surface area contributed by atoms with E-state index in [2.05, 4.69) is 41.5 Å². The standard InChI is InChI=1S/C23H25NO3S/c1-23(27-19-9-7-17(8-10-19)13-22(25)26-2)11-12-24(16-23)14-18-15-28-21-6-4-3-5-20(18)21/h3-10,15H,11-14,16H2,1-2H3. The normalized spacial score (nSPS) is 19.8. The Morgan fingerprint density at radius 2 is 1.96 bits per heavy atom. The number of carbonyl (C=O) groups is 1. The molecule has 4 rings (SSSR count). The van der Waals surface area contributed by atoms with Crippen molar-refractivity contribution in [3.8, 4) is 5.75 Å². The van der Waals surface area contributed by atoms with Crippen LogP contribution in [0.3, 0.4) is 0 Å². The molecule has 3 aromatic rings. The number of benzene rings is 2. The number of esters is 1. The average Bonchev–Trinajstić information content (AvgIpc) is 3.27. The molecule has 1 aliphatic heterocycles. The zero-order valence-corrected chi connectivity index (χ0v) is 17.1. The molecule has 146 valence electrons. The van der Waals surface area contributed by atoms with Crippen molar-refractivity contribution in [1.29, 1.82) is 0 Å². The van der Waals surface area contributed by atoms with Gasteiger partial charge in [0.1, 0.15) is 11.4 Å². The van der Waals surface area contributed by atoms with E-state index in [0.29, 0.717) is 0 Å². The number of methoxy groups -OCH3 is 1. The summed E-state index contributed by atoms with van der Waals surface area (Å²) >= 11 is 1.82. The van der Waals surface area contributed by atoms with E-state index in [1.807, 2.05) is 35.6 Å². The second kappa shape index (κ2) is 7.94. The first-order valence-electron chi connectivity index (χ1n) is 9.57. The summed E-state index contributed by atoms with van der Waals surface area (Å²) in [5.41, 5.74) is 2.13. The Balaban J connectivity index is 1.38. The number of hydrogen-bond acceptors (Lipinski definition) is 5. The number of nitrogens with zero attached hydrogens (tertiary/aromatic N) is 1. The molecule has 1 aromatic heterocycles. The Hall–Kier alpha value is -2.37. The van der Waals surface area contributed by atoms with Crippen LogP contribution in [0.1, 0.15) is 24.5 Å². The molecule has 1 unspecified atom stereocenters. The van der Waals surface area contributed by atoms with Gasteiger partial charge in [0.05, 0.1) is 13.5 Å². The van der Waals surface area contributed by atoms with E-state index in [4.69, 9.17) is 9.47 Å². The largest absolute Gasteiger partial charge is 0.486 e. The van der Waals surface area contributed by atoms with Crippen LogP contribution in [-0.4, -0.2) is 36.7 Å². The number of ether oxygens (including phenoxy) is 2. The molecular formula is C23H25NO3S. The van der Waals surface area contributed by atoms with Gasteiger partial charge in [-0.25, -0.2) is 0 Å². The molecule has 0 amide bonds. The predicted octanol–water partition coefficient (Wildman–Crippen LogP) is 4.66. The van der Waals surface area contributed by atoms with Gasteiger partial charge < -0.3 is 9.47 Å². The molecule has 1 fully saturated rings. The third kappa shape index (κ3) is 4.21. The number of thiophene rings is 1. The quantitative estimate of drug-likeness (QED) is 0.569. The second-order valence-electron chi connectivity index (χ2n) is 7.67. The van der Waals surface area contributed by atoms with Crippen LogP contribution < -0.4 is 4.74 Å². The van der Waals surface area contributed by atoms with Crippen LogP contribution in [0.4, 0.5) is 0 Å². The van der Waals surface area contributed by atoms with Crippen LogP contribution in [0, 0.1) is 0 Å². The summed E-state index contributed by atoms with van der Waals surface area (Å²) in [4.78, 5) is 13.9. The van der Waals surface area contributed by atoms with Gasteiger partial charge in [-0.3, -0.25) is 9.69 Å².